The maximum atomic E-state index is 10.5. The molecule has 0 bridgehead atoms. The number of benzene rings is 3. The number of fused-ring (bicyclic) bond motifs is 3. The molecular formula is C24H16ClNO2. The highest BCUT2D eigenvalue weighted by molar-refractivity contribution is 6.33. The van der Waals surface area contributed by atoms with Gasteiger partial charge in [0, 0.05) is 28.1 Å². The van der Waals surface area contributed by atoms with E-state index in [9.17, 15) is 10.2 Å². The summed E-state index contributed by atoms with van der Waals surface area (Å²) in [5, 5.41) is 21.6. The molecule has 0 radical (unpaired) electrons. The van der Waals surface area contributed by atoms with E-state index in [0.717, 1.165) is 39.1 Å². The first-order valence-corrected chi connectivity index (χ1v) is 9.39. The maximum absolute atomic E-state index is 10.5. The fraction of sp³-hybridized carbons (Fsp3) is 0.0417. The third kappa shape index (κ3) is 2.55. The third-order valence-corrected chi connectivity index (χ3v) is 5.53. The lowest BCUT2D eigenvalue weighted by atomic mass is 9.95. The van der Waals surface area contributed by atoms with Crippen molar-refractivity contribution in [2.75, 3.05) is 0 Å². The Labute approximate surface area is 167 Å². The molecule has 3 nitrogen and oxygen atoms in total. The van der Waals surface area contributed by atoms with Crippen molar-refractivity contribution in [3.8, 4) is 45.1 Å². The molecule has 0 saturated heterocycles. The monoisotopic (exact) mass is 385 g/mol. The molecule has 0 spiro atoms. The molecule has 1 heterocycles. The predicted molar refractivity (Wildman–Crippen MR) is 112 cm³/mol. The Morgan fingerprint density at radius 2 is 1.46 bits per heavy atom. The van der Waals surface area contributed by atoms with Gasteiger partial charge in [0.1, 0.15) is 11.5 Å². The van der Waals surface area contributed by atoms with Crippen LogP contribution >= 0.6 is 11.6 Å². The van der Waals surface area contributed by atoms with Crippen molar-refractivity contribution in [2.45, 2.75) is 6.42 Å². The van der Waals surface area contributed by atoms with E-state index in [-0.39, 0.29) is 11.5 Å². The first kappa shape index (κ1) is 16.8. The number of pyridine rings is 1. The molecule has 0 aliphatic heterocycles. The zero-order valence-electron chi connectivity index (χ0n) is 14.9. The molecule has 28 heavy (non-hydrogen) atoms. The van der Waals surface area contributed by atoms with Gasteiger partial charge >= 0.3 is 0 Å². The van der Waals surface area contributed by atoms with Gasteiger partial charge in [-0.2, -0.15) is 0 Å². The summed E-state index contributed by atoms with van der Waals surface area (Å²) in [5.41, 5.74) is 6.66. The van der Waals surface area contributed by atoms with Crippen molar-refractivity contribution in [1.82, 2.24) is 4.98 Å². The number of nitrogens with zero attached hydrogens (tertiary/aromatic N) is 1. The molecule has 0 saturated carbocycles. The Balaban J connectivity index is 1.85. The van der Waals surface area contributed by atoms with E-state index in [1.54, 1.807) is 18.2 Å². The molecule has 136 valence electrons. The van der Waals surface area contributed by atoms with Gasteiger partial charge in [0.15, 0.2) is 0 Å². The number of phenols is 2. The van der Waals surface area contributed by atoms with Gasteiger partial charge in [0.2, 0.25) is 0 Å². The van der Waals surface area contributed by atoms with E-state index >= 15 is 0 Å². The first-order chi connectivity index (χ1) is 13.6. The highest BCUT2D eigenvalue weighted by atomic mass is 35.5. The molecule has 0 fully saturated rings. The van der Waals surface area contributed by atoms with Crippen LogP contribution in [0, 0.1) is 0 Å². The van der Waals surface area contributed by atoms with E-state index in [1.807, 2.05) is 54.6 Å². The summed E-state index contributed by atoms with van der Waals surface area (Å²) in [7, 11) is 0. The van der Waals surface area contributed by atoms with Crippen LogP contribution < -0.4 is 0 Å². The molecule has 1 aliphatic rings. The lowest BCUT2D eigenvalue weighted by Gasteiger charge is -2.14. The normalized spacial score (nSPS) is 11.9. The summed E-state index contributed by atoms with van der Waals surface area (Å²) >= 11 is 6.43. The second-order valence-electron chi connectivity index (χ2n) is 6.87. The van der Waals surface area contributed by atoms with Crippen LogP contribution in [0.5, 0.6) is 11.5 Å². The molecule has 4 heteroatoms. The molecule has 5 rings (SSSR count). The minimum atomic E-state index is 0.209. The van der Waals surface area contributed by atoms with Crippen LogP contribution in [-0.4, -0.2) is 15.2 Å². The number of halogens is 1. The molecule has 1 aromatic heterocycles. The summed E-state index contributed by atoms with van der Waals surface area (Å²) in [5.74, 6) is 0.421. The first-order valence-electron chi connectivity index (χ1n) is 9.02. The SMILES string of the molecule is Oc1ccccc1-c1cc(-c2ccccc2Cl)nc2c1Cc1cccc(O)c1-2. The zero-order valence-corrected chi connectivity index (χ0v) is 15.6. The van der Waals surface area contributed by atoms with Gasteiger partial charge in [0.05, 0.1) is 11.4 Å². The average Bonchev–Trinajstić information content (AvgIpc) is 3.08. The van der Waals surface area contributed by atoms with E-state index in [1.165, 1.54) is 0 Å². The quantitative estimate of drug-likeness (QED) is 0.389. The Kier molecular flexibility index (Phi) is 3.85. The van der Waals surface area contributed by atoms with Crippen molar-refractivity contribution in [1.29, 1.82) is 0 Å². The van der Waals surface area contributed by atoms with Gasteiger partial charge in [-0.25, -0.2) is 4.98 Å². The number of aromatic hydroxyl groups is 2. The fourth-order valence-electron chi connectivity index (χ4n) is 3.90. The van der Waals surface area contributed by atoms with Crippen LogP contribution in [0.15, 0.2) is 72.8 Å². The highest BCUT2D eigenvalue weighted by Crippen LogP contribution is 2.47. The standard InChI is InChI=1S/C24H16ClNO2/c25-19-9-3-1-8-16(19)20-13-17(15-7-2-4-10-21(15)27)18-12-14-6-5-11-22(28)23(14)24(18)26-20/h1-11,13,27-28H,12H2. The van der Waals surface area contributed by atoms with Crippen LogP contribution in [-0.2, 0) is 6.42 Å². The topological polar surface area (TPSA) is 53.4 Å². The largest absolute Gasteiger partial charge is 0.507 e. The minimum Gasteiger partial charge on any atom is -0.507 e. The second kappa shape index (κ2) is 6.39. The molecule has 0 amide bonds. The number of aromatic nitrogens is 1. The van der Waals surface area contributed by atoms with E-state index in [4.69, 9.17) is 16.6 Å². The minimum absolute atomic E-state index is 0.209. The van der Waals surface area contributed by atoms with Gasteiger partial charge in [-0.1, -0.05) is 60.1 Å². The van der Waals surface area contributed by atoms with Gasteiger partial charge in [-0.05, 0) is 41.0 Å². The third-order valence-electron chi connectivity index (χ3n) is 5.20. The molecule has 0 atom stereocenters. The van der Waals surface area contributed by atoms with Gasteiger partial charge < -0.3 is 10.2 Å². The van der Waals surface area contributed by atoms with Crippen molar-refractivity contribution >= 4 is 11.6 Å². The van der Waals surface area contributed by atoms with Gasteiger partial charge in [0.25, 0.3) is 0 Å². The molecule has 0 unspecified atom stereocenters. The van der Waals surface area contributed by atoms with Crippen molar-refractivity contribution in [3.05, 3.63) is 88.9 Å². The summed E-state index contributed by atoms with van der Waals surface area (Å²) in [6.07, 6.45) is 0.651. The van der Waals surface area contributed by atoms with Crippen LogP contribution in [0.2, 0.25) is 5.02 Å². The van der Waals surface area contributed by atoms with Crippen molar-refractivity contribution < 1.29 is 10.2 Å². The fourth-order valence-corrected chi connectivity index (χ4v) is 4.14. The summed E-state index contributed by atoms with van der Waals surface area (Å²) < 4.78 is 0. The maximum Gasteiger partial charge on any atom is 0.125 e. The average molecular weight is 386 g/mol. The highest BCUT2D eigenvalue weighted by Gasteiger charge is 2.28. The van der Waals surface area contributed by atoms with Crippen LogP contribution in [0.4, 0.5) is 0 Å². The second-order valence-corrected chi connectivity index (χ2v) is 7.27. The van der Waals surface area contributed by atoms with Crippen molar-refractivity contribution in [2.24, 2.45) is 0 Å². The molecule has 2 N–H and O–H groups in total. The molecule has 4 aromatic rings. The molecular weight excluding hydrogens is 370 g/mol. The van der Waals surface area contributed by atoms with E-state index in [2.05, 4.69) is 0 Å². The predicted octanol–water partition coefficient (Wildman–Crippen LogP) is 6.05. The van der Waals surface area contributed by atoms with Gasteiger partial charge in [-0.3, -0.25) is 0 Å². The molecule has 1 aliphatic carbocycles. The summed E-state index contributed by atoms with van der Waals surface area (Å²) in [6, 6.07) is 22.3. The van der Waals surface area contributed by atoms with Crippen LogP contribution in [0.25, 0.3) is 33.6 Å². The molecule has 3 aromatic carbocycles. The lowest BCUT2D eigenvalue weighted by Crippen LogP contribution is -1.95. The van der Waals surface area contributed by atoms with Crippen LogP contribution in [0.1, 0.15) is 11.1 Å². The van der Waals surface area contributed by atoms with Crippen molar-refractivity contribution in [3.63, 3.8) is 0 Å². The lowest BCUT2D eigenvalue weighted by molar-refractivity contribution is 0.476. The van der Waals surface area contributed by atoms with Gasteiger partial charge in [-0.15, -0.1) is 0 Å². The number of hydrogen-bond donors (Lipinski definition) is 2. The Morgan fingerprint density at radius 3 is 2.25 bits per heavy atom. The van der Waals surface area contributed by atoms with E-state index in [0.29, 0.717) is 17.1 Å². The smallest absolute Gasteiger partial charge is 0.125 e. The Hall–Kier alpha value is -3.30. The number of para-hydroxylation sites is 1. The number of phenolic OH excluding ortho intramolecular Hbond substituents is 2. The van der Waals surface area contributed by atoms with E-state index < -0.39 is 0 Å². The Morgan fingerprint density at radius 1 is 0.750 bits per heavy atom. The summed E-state index contributed by atoms with van der Waals surface area (Å²) in [6.45, 7) is 0. The number of rotatable bonds is 2. The summed E-state index contributed by atoms with van der Waals surface area (Å²) in [4.78, 5) is 4.88. The van der Waals surface area contributed by atoms with Crippen LogP contribution in [0.3, 0.4) is 0 Å². The number of hydrogen-bond acceptors (Lipinski definition) is 3. The Bertz CT molecular complexity index is 1230. The zero-order chi connectivity index (χ0) is 19.3.